The minimum atomic E-state index is -4.43. The Morgan fingerprint density at radius 1 is 0.344 bits per heavy atom. The molecule has 0 aliphatic heterocycles. The van der Waals surface area contributed by atoms with Crippen molar-refractivity contribution in [1.82, 2.24) is 29.3 Å². The van der Waals surface area contributed by atoms with Crippen molar-refractivity contribution >= 4 is 67.9 Å². The van der Waals surface area contributed by atoms with Gasteiger partial charge in [-0.05, 0) is 138 Å². The summed E-state index contributed by atoms with van der Waals surface area (Å²) in [7, 11) is 0. The molecule has 3 aromatic heterocycles. The van der Waals surface area contributed by atoms with Crippen molar-refractivity contribution in [2.45, 2.75) is 38.2 Å². The van der Waals surface area contributed by atoms with E-state index in [2.05, 4.69) is 31.2 Å². The highest BCUT2D eigenvalue weighted by Gasteiger charge is 2.32. The van der Waals surface area contributed by atoms with E-state index in [1.165, 1.54) is 51.8 Å². The van der Waals surface area contributed by atoms with Crippen molar-refractivity contribution in [2.75, 3.05) is 16.0 Å². The first-order valence-electron chi connectivity index (χ1n) is 27.3. The summed E-state index contributed by atoms with van der Waals surface area (Å²) < 4.78 is 201. The van der Waals surface area contributed by atoms with E-state index in [0.717, 1.165) is 84.9 Å². The quantitative estimate of drug-likeness (QED) is 0.104. The Balaban J connectivity index is 0.000000153. The molecule has 0 fully saturated rings. The van der Waals surface area contributed by atoms with E-state index in [1.807, 2.05) is 0 Å². The molecular formula is C66H42F15N9O3. The zero-order valence-corrected chi connectivity index (χ0v) is 47.3. The van der Waals surface area contributed by atoms with E-state index < -0.39 is 99.0 Å². The van der Waals surface area contributed by atoms with Gasteiger partial charge in [0.15, 0.2) is 40.7 Å². The summed E-state index contributed by atoms with van der Waals surface area (Å²) in [5, 5.41) is 22.2. The number of rotatable bonds is 12. The Morgan fingerprint density at radius 3 is 1.10 bits per heavy atom. The van der Waals surface area contributed by atoms with Crippen LogP contribution < -0.4 is 16.0 Å². The molecule has 0 spiro atoms. The van der Waals surface area contributed by atoms with Crippen LogP contribution in [0.25, 0.3) is 32.7 Å². The van der Waals surface area contributed by atoms with Crippen molar-refractivity contribution in [3.8, 4) is 0 Å². The average Bonchev–Trinajstić information content (AvgIpc) is 1.67. The Morgan fingerprint density at radius 2 is 0.710 bits per heavy atom. The van der Waals surface area contributed by atoms with Crippen LogP contribution >= 0.6 is 0 Å². The van der Waals surface area contributed by atoms with Gasteiger partial charge >= 0.3 is 18.5 Å². The number of carbonyl (C=O) groups excluding carboxylic acids is 3. The van der Waals surface area contributed by atoms with E-state index in [9.17, 15) is 80.2 Å². The second kappa shape index (κ2) is 26.7. The first-order valence-corrected chi connectivity index (χ1v) is 27.3. The van der Waals surface area contributed by atoms with Crippen molar-refractivity contribution in [3.63, 3.8) is 0 Å². The Labute approximate surface area is 515 Å². The van der Waals surface area contributed by atoms with Gasteiger partial charge in [0.05, 0.1) is 64.0 Å². The number of benzene rings is 9. The second-order valence-electron chi connectivity index (χ2n) is 20.4. The molecule has 3 amide bonds. The first-order chi connectivity index (χ1) is 44.2. The Kier molecular flexibility index (Phi) is 18.6. The van der Waals surface area contributed by atoms with Gasteiger partial charge in [0, 0.05) is 21.7 Å². The number of anilines is 3. The third-order valence-electron chi connectivity index (χ3n) is 14.1. The minimum absolute atomic E-state index is 0.0831. The zero-order chi connectivity index (χ0) is 66.5. The molecule has 474 valence electrons. The van der Waals surface area contributed by atoms with Crippen LogP contribution in [0.15, 0.2) is 200 Å². The molecule has 0 radical (unpaired) electrons. The van der Waals surface area contributed by atoms with Crippen LogP contribution in [0.2, 0.25) is 0 Å². The number of para-hydroxylation sites is 3. The first kappa shape index (κ1) is 64.7. The van der Waals surface area contributed by atoms with E-state index in [-0.39, 0.29) is 42.7 Å². The lowest BCUT2D eigenvalue weighted by Gasteiger charge is -2.08. The van der Waals surface area contributed by atoms with Crippen LogP contribution in [0, 0.1) is 34.9 Å². The number of alkyl halides is 9. The summed E-state index contributed by atoms with van der Waals surface area (Å²) in [6, 6.07) is 43.3. The lowest BCUT2D eigenvalue weighted by Crippen LogP contribution is -2.15. The molecule has 0 aliphatic carbocycles. The highest BCUT2D eigenvalue weighted by atomic mass is 19.4. The van der Waals surface area contributed by atoms with E-state index in [0.29, 0.717) is 49.4 Å². The number of nitrogens with one attached hydrogen (secondary N) is 3. The maximum Gasteiger partial charge on any atom is 0.416 e. The lowest BCUT2D eigenvalue weighted by atomic mass is 10.1. The maximum atomic E-state index is 13.9. The topological polar surface area (TPSA) is 141 Å². The molecule has 0 saturated heterocycles. The number of nitrogens with zero attached hydrogens (tertiary/aromatic N) is 6. The Bertz CT molecular complexity index is 4580. The van der Waals surface area contributed by atoms with Crippen molar-refractivity contribution in [2.24, 2.45) is 0 Å². The number of halogens is 15. The summed E-state index contributed by atoms with van der Waals surface area (Å²) >= 11 is 0. The molecule has 93 heavy (non-hydrogen) atoms. The van der Waals surface area contributed by atoms with Crippen LogP contribution in [0.4, 0.5) is 83.3 Å². The number of hydrogen-bond donors (Lipinski definition) is 3. The van der Waals surface area contributed by atoms with Gasteiger partial charge in [-0.25, -0.2) is 26.3 Å². The van der Waals surface area contributed by atoms with Crippen molar-refractivity contribution < 1.29 is 80.2 Å². The molecule has 0 saturated carbocycles. The number of aromatic nitrogens is 6. The van der Waals surface area contributed by atoms with Crippen molar-refractivity contribution in [3.05, 3.63) is 285 Å². The lowest BCUT2D eigenvalue weighted by molar-refractivity contribution is -0.138. The van der Waals surface area contributed by atoms with Gasteiger partial charge in [-0.15, -0.1) is 0 Å². The zero-order valence-electron chi connectivity index (χ0n) is 47.3. The Hall–Kier alpha value is -11.3. The van der Waals surface area contributed by atoms with Crippen LogP contribution in [0.5, 0.6) is 0 Å². The van der Waals surface area contributed by atoms with Gasteiger partial charge in [-0.3, -0.25) is 28.4 Å². The van der Waals surface area contributed by atoms with Gasteiger partial charge in [-0.1, -0.05) is 78.9 Å². The molecule has 0 bridgehead atoms. The molecule has 0 unspecified atom stereocenters. The van der Waals surface area contributed by atoms with Gasteiger partial charge in [0.2, 0.25) is 0 Å². The van der Waals surface area contributed by atoms with Gasteiger partial charge in [0.25, 0.3) is 17.7 Å². The van der Waals surface area contributed by atoms with Crippen molar-refractivity contribution in [1.29, 1.82) is 0 Å². The summed E-state index contributed by atoms with van der Waals surface area (Å²) in [6.07, 6.45) is -13.3. The fraction of sp³-hybridized carbons (Fsp3) is 0.0909. The van der Waals surface area contributed by atoms with E-state index >= 15 is 0 Å². The molecule has 0 aliphatic rings. The predicted molar refractivity (Wildman–Crippen MR) is 314 cm³/mol. The number of fused-ring (bicyclic) bond motifs is 3. The van der Waals surface area contributed by atoms with Gasteiger partial charge in [0.1, 0.15) is 11.6 Å². The number of carbonyl (C=O) groups is 3. The molecule has 27 heteroatoms. The minimum Gasteiger partial charge on any atom is -0.305 e. The van der Waals surface area contributed by atoms with E-state index in [1.54, 1.807) is 77.5 Å². The number of amides is 3. The molecular weight excluding hydrogens is 1250 g/mol. The predicted octanol–water partition coefficient (Wildman–Crippen LogP) is 16.9. The average molecular weight is 1290 g/mol. The molecule has 3 heterocycles. The fourth-order valence-corrected chi connectivity index (χ4v) is 9.45. The molecule has 12 rings (SSSR count). The van der Waals surface area contributed by atoms with Crippen LogP contribution in [0.1, 0.15) is 64.5 Å². The van der Waals surface area contributed by atoms with E-state index in [4.69, 9.17) is 0 Å². The SMILES string of the molecule is O=C(Nc1nn(Cc2ccc(C(F)(F)F)cc2)c2ccccc12)c1cc(F)ccc1F.O=C(Nc1nn(Cc2ccc(C(F)(F)F)cc2)c2ccccc12)c1ccc(F)c(F)c1.O=C(Nc1nn(Cc2ccc(C(F)(F)F)cc2)c2ccccc12)c1cccc(F)c1F. The van der Waals surface area contributed by atoms with Gasteiger partial charge < -0.3 is 16.0 Å². The molecule has 3 N–H and O–H groups in total. The maximum absolute atomic E-state index is 13.9. The summed E-state index contributed by atoms with van der Waals surface area (Å²) in [5.74, 6) is -8.26. The number of hydrogen-bond acceptors (Lipinski definition) is 6. The normalized spacial score (nSPS) is 11.6. The molecule has 12 aromatic rings. The third kappa shape index (κ3) is 15.2. The summed E-state index contributed by atoms with van der Waals surface area (Å²) in [5.41, 5.74) is 0.283. The highest BCUT2D eigenvalue weighted by molar-refractivity contribution is 6.10. The van der Waals surface area contributed by atoms with Gasteiger partial charge in [-0.2, -0.15) is 54.8 Å². The standard InChI is InChI=1S/3C22H14F5N3O/c23-17-6-3-5-16(19(17)24)21(31)28-20-15-4-1-2-7-18(15)30(29-20)12-13-8-10-14(11-9-13)22(25,26)27;23-17-10-7-14(11-18(17)24)21(31)28-20-16-3-1-2-4-19(16)30(29-20)12-13-5-8-15(9-6-13)22(25,26)27;23-15-9-10-18(24)17(11-15)21(31)28-20-16-3-1-2-4-19(16)30(29-20)12-13-5-7-14(8-6-13)22(25,26)27/h3*1-11H,12H2,(H,28,29,31). The third-order valence-corrected chi connectivity index (χ3v) is 14.1. The fourth-order valence-electron chi connectivity index (χ4n) is 9.45. The van der Waals surface area contributed by atoms with Crippen LogP contribution in [-0.2, 0) is 38.2 Å². The molecule has 0 atom stereocenters. The van der Waals surface area contributed by atoms with Crippen LogP contribution in [0.3, 0.4) is 0 Å². The molecule has 12 nitrogen and oxygen atoms in total. The smallest absolute Gasteiger partial charge is 0.305 e. The second-order valence-corrected chi connectivity index (χ2v) is 20.4. The highest BCUT2D eigenvalue weighted by Crippen LogP contribution is 2.34. The monoisotopic (exact) mass is 1290 g/mol. The summed E-state index contributed by atoms with van der Waals surface area (Å²) in [4.78, 5) is 37.4. The molecule has 9 aromatic carbocycles. The summed E-state index contributed by atoms with van der Waals surface area (Å²) in [6.45, 7) is 0.450. The van der Waals surface area contributed by atoms with Crippen LogP contribution in [-0.4, -0.2) is 47.1 Å². The largest absolute Gasteiger partial charge is 0.416 e.